The van der Waals surface area contributed by atoms with Crippen molar-refractivity contribution in [3.63, 3.8) is 0 Å². The Hall–Kier alpha value is 1.59. The molecule has 1 aromatic rings. The van der Waals surface area contributed by atoms with E-state index in [-0.39, 0.29) is 65.8 Å². The number of benzene rings is 1. The Balaban J connectivity index is 0.00000324. The number of hydrogen-bond acceptors (Lipinski definition) is 6. The topological polar surface area (TPSA) is 66.4 Å². The second-order valence-electron chi connectivity index (χ2n) is 2.95. The van der Waals surface area contributed by atoms with E-state index in [1.807, 2.05) is 0 Å². The molecule has 0 atom stereocenters. The fourth-order valence-electron chi connectivity index (χ4n) is 1.02. The molecule has 0 saturated carbocycles. The van der Waals surface area contributed by atoms with Crippen molar-refractivity contribution in [2.75, 3.05) is 6.61 Å². The Morgan fingerprint density at radius 2 is 2.00 bits per heavy atom. The zero-order chi connectivity index (χ0) is 13.9. The van der Waals surface area contributed by atoms with Gasteiger partial charge in [0.1, 0.15) is 10.1 Å². The van der Waals surface area contributed by atoms with Gasteiger partial charge in [0.2, 0.25) is 4.38 Å². The standard InChI is InChI=1S/C9H8Cl2O4S3.K/c1-2-15-9(16)17-7-3-6(11)8(4-5(7)10)18(12,13)14;/h3-4H,2H2,1H3,(H,12,13,14);/q;+1/p-1. The summed E-state index contributed by atoms with van der Waals surface area (Å²) in [5.74, 6) is 0. The summed E-state index contributed by atoms with van der Waals surface area (Å²) in [5.41, 5.74) is 0. The molecule has 0 aliphatic heterocycles. The molecule has 0 fully saturated rings. The molecule has 1 aromatic carbocycles. The van der Waals surface area contributed by atoms with Crippen LogP contribution in [0.25, 0.3) is 0 Å². The summed E-state index contributed by atoms with van der Waals surface area (Å²) in [6.07, 6.45) is 0. The fraction of sp³-hybridized carbons (Fsp3) is 0.222. The molecule has 0 aromatic heterocycles. The maximum atomic E-state index is 10.9. The van der Waals surface area contributed by atoms with Gasteiger partial charge in [-0.15, -0.1) is 0 Å². The molecule has 0 unspecified atom stereocenters. The van der Waals surface area contributed by atoms with Gasteiger partial charge in [-0.25, -0.2) is 8.42 Å². The third kappa shape index (κ3) is 6.48. The Morgan fingerprint density at radius 3 is 2.47 bits per heavy atom. The van der Waals surface area contributed by atoms with Gasteiger partial charge >= 0.3 is 51.4 Å². The van der Waals surface area contributed by atoms with Crippen molar-refractivity contribution < 1.29 is 69.1 Å². The zero-order valence-corrected chi connectivity index (χ0v) is 17.1. The summed E-state index contributed by atoms with van der Waals surface area (Å²) < 4.78 is 37.9. The van der Waals surface area contributed by atoms with Crippen LogP contribution in [0, 0.1) is 0 Å². The molecule has 0 aliphatic rings. The van der Waals surface area contributed by atoms with Crippen LogP contribution in [0.5, 0.6) is 0 Å². The Kier molecular flexibility index (Phi) is 9.63. The normalized spacial score (nSPS) is 10.7. The number of rotatable bonds is 3. The largest absolute Gasteiger partial charge is 1.00 e. The zero-order valence-electron chi connectivity index (χ0n) is 9.98. The van der Waals surface area contributed by atoms with E-state index in [1.54, 1.807) is 6.92 Å². The SMILES string of the molecule is CCOC(=S)Sc1cc(Cl)c(S(=O)(=O)[O-])cc1Cl.[K+]. The average molecular weight is 385 g/mol. The summed E-state index contributed by atoms with van der Waals surface area (Å²) in [6.45, 7) is 2.18. The molecule has 0 saturated heterocycles. The molecule has 0 bridgehead atoms. The molecule has 1 rings (SSSR count). The smallest absolute Gasteiger partial charge is 0.744 e. The van der Waals surface area contributed by atoms with Gasteiger partial charge in [-0.2, -0.15) is 0 Å². The monoisotopic (exact) mass is 384 g/mol. The fourth-order valence-corrected chi connectivity index (χ4v) is 3.51. The van der Waals surface area contributed by atoms with Gasteiger partial charge in [0.25, 0.3) is 0 Å². The Labute approximate surface area is 173 Å². The third-order valence-corrected chi connectivity index (χ3v) is 4.65. The van der Waals surface area contributed by atoms with E-state index in [9.17, 15) is 13.0 Å². The van der Waals surface area contributed by atoms with Crippen LogP contribution in [0.3, 0.4) is 0 Å². The van der Waals surface area contributed by atoms with Crippen LogP contribution in [0.1, 0.15) is 6.92 Å². The molecule has 19 heavy (non-hydrogen) atoms. The van der Waals surface area contributed by atoms with Gasteiger partial charge in [-0.1, -0.05) is 23.2 Å². The number of halogens is 2. The second-order valence-corrected chi connectivity index (χ2v) is 6.76. The van der Waals surface area contributed by atoms with Gasteiger partial charge in [-0.05, 0) is 43.0 Å². The van der Waals surface area contributed by atoms with Crippen molar-refractivity contribution in [1.82, 2.24) is 0 Å². The van der Waals surface area contributed by atoms with E-state index in [0.29, 0.717) is 11.5 Å². The average Bonchev–Trinajstić information content (AvgIpc) is 2.21. The van der Waals surface area contributed by atoms with Crippen LogP contribution in [0.2, 0.25) is 10.0 Å². The van der Waals surface area contributed by atoms with Crippen molar-refractivity contribution >= 4 is 61.7 Å². The molecule has 0 N–H and O–H groups in total. The number of thiocarbonyl (C=S) groups is 1. The second kappa shape index (κ2) is 8.89. The summed E-state index contributed by atoms with van der Waals surface area (Å²) in [6, 6.07) is 2.27. The summed E-state index contributed by atoms with van der Waals surface area (Å²) in [4.78, 5) is -0.131. The molecule has 0 radical (unpaired) electrons. The van der Waals surface area contributed by atoms with Gasteiger partial charge < -0.3 is 9.29 Å². The number of ether oxygens (including phenoxy) is 1. The van der Waals surface area contributed by atoms with E-state index in [0.717, 1.165) is 17.8 Å². The van der Waals surface area contributed by atoms with Crippen LogP contribution in [0.4, 0.5) is 0 Å². The van der Waals surface area contributed by atoms with Crippen LogP contribution >= 0.6 is 47.2 Å². The maximum Gasteiger partial charge on any atom is 1.00 e. The predicted molar refractivity (Wildman–Crippen MR) is 74.5 cm³/mol. The molecule has 100 valence electrons. The molecule has 0 amide bonds. The van der Waals surface area contributed by atoms with E-state index in [2.05, 4.69) is 0 Å². The van der Waals surface area contributed by atoms with Gasteiger partial charge in [0.05, 0.1) is 21.5 Å². The first-order valence-corrected chi connectivity index (χ1v) is 7.94. The summed E-state index contributed by atoms with van der Waals surface area (Å²) >= 11 is 17.5. The maximum absolute atomic E-state index is 10.9. The first-order valence-electron chi connectivity index (χ1n) is 4.55. The minimum atomic E-state index is -4.65. The molecular formula is C9H7Cl2KO4S3. The minimum absolute atomic E-state index is 0. The van der Waals surface area contributed by atoms with Crippen molar-refractivity contribution in [1.29, 1.82) is 0 Å². The minimum Gasteiger partial charge on any atom is -0.744 e. The van der Waals surface area contributed by atoms with E-state index in [1.165, 1.54) is 6.07 Å². The van der Waals surface area contributed by atoms with Crippen molar-refractivity contribution in [2.45, 2.75) is 16.7 Å². The molecular weight excluding hydrogens is 378 g/mol. The van der Waals surface area contributed by atoms with Crippen LogP contribution in [-0.2, 0) is 14.9 Å². The van der Waals surface area contributed by atoms with Gasteiger partial charge in [-0.3, -0.25) is 0 Å². The van der Waals surface area contributed by atoms with Crippen LogP contribution in [-0.4, -0.2) is 24.0 Å². The first-order chi connectivity index (χ1) is 8.25. The van der Waals surface area contributed by atoms with Gasteiger partial charge in [0, 0.05) is 4.90 Å². The van der Waals surface area contributed by atoms with Crippen molar-refractivity contribution in [3.8, 4) is 0 Å². The molecule has 0 heterocycles. The Morgan fingerprint density at radius 1 is 1.42 bits per heavy atom. The predicted octanol–water partition coefficient (Wildman–Crippen LogP) is 0.315. The molecule has 10 heteroatoms. The summed E-state index contributed by atoms with van der Waals surface area (Å²) in [7, 11) is -4.65. The van der Waals surface area contributed by atoms with E-state index in [4.69, 9.17) is 40.2 Å². The van der Waals surface area contributed by atoms with Crippen LogP contribution < -0.4 is 51.4 Å². The van der Waals surface area contributed by atoms with E-state index < -0.39 is 15.0 Å². The number of hydrogen-bond donors (Lipinski definition) is 0. The quantitative estimate of drug-likeness (QED) is 0.323. The van der Waals surface area contributed by atoms with Crippen molar-refractivity contribution in [3.05, 3.63) is 22.2 Å². The van der Waals surface area contributed by atoms with Gasteiger partial charge in [0.15, 0.2) is 0 Å². The summed E-state index contributed by atoms with van der Waals surface area (Å²) in [5, 5.41) is -0.128. The number of thioether (sulfide) groups is 1. The molecule has 0 aliphatic carbocycles. The Bertz CT molecular complexity index is 577. The third-order valence-electron chi connectivity index (χ3n) is 1.71. The molecule has 4 nitrogen and oxygen atoms in total. The van der Waals surface area contributed by atoms with E-state index >= 15 is 0 Å². The van der Waals surface area contributed by atoms with Crippen LogP contribution in [0.15, 0.2) is 21.9 Å². The first kappa shape index (κ1) is 20.6. The van der Waals surface area contributed by atoms with Crippen molar-refractivity contribution in [2.24, 2.45) is 0 Å². The molecule has 0 spiro atoms.